The lowest BCUT2D eigenvalue weighted by molar-refractivity contribution is 0.0987. The standard InChI is InChI=1S/C9H8BrNO3/c10-7-3-1-6(2-4-7)8(12)5-11-9(13)14/h1-4,11H,5H2,(H,13,14). The fourth-order valence-electron chi connectivity index (χ4n) is 0.894. The first-order valence-corrected chi connectivity index (χ1v) is 4.64. The van der Waals surface area contributed by atoms with Gasteiger partial charge in [0.1, 0.15) is 0 Å². The van der Waals surface area contributed by atoms with Crippen LogP contribution < -0.4 is 5.32 Å². The van der Waals surface area contributed by atoms with Crippen LogP contribution in [0.2, 0.25) is 0 Å². The minimum absolute atomic E-state index is 0.197. The molecule has 0 saturated carbocycles. The van der Waals surface area contributed by atoms with Gasteiger partial charge in [0.15, 0.2) is 5.78 Å². The zero-order chi connectivity index (χ0) is 10.6. The van der Waals surface area contributed by atoms with Crippen molar-refractivity contribution in [2.24, 2.45) is 0 Å². The topological polar surface area (TPSA) is 66.4 Å². The minimum Gasteiger partial charge on any atom is -0.465 e. The van der Waals surface area contributed by atoms with Crippen LogP contribution in [-0.2, 0) is 0 Å². The Bertz CT molecular complexity index is 348. The van der Waals surface area contributed by atoms with Gasteiger partial charge in [0.25, 0.3) is 0 Å². The third kappa shape index (κ3) is 3.18. The highest BCUT2D eigenvalue weighted by Crippen LogP contribution is 2.10. The van der Waals surface area contributed by atoms with E-state index < -0.39 is 6.09 Å². The lowest BCUT2D eigenvalue weighted by Gasteiger charge is -2.00. The summed E-state index contributed by atoms with van der Waals surface area (Å²) in [6.07, 6.45) is -1.20. The molecule has 1 rings (SSSR count). The quantitative estimate of drug-likeness (QED) is 0.813. The molecule has 14 heavy (non-hydrogen) atoms. The number of ketones is 1. The highest BCUT2D eigenvalue weighted by molar-refractivity contribution is 9.10. The minimum atomic E-state index is -1.20. The van der Waals surface area contributed by atoms with Crippen LogP contribution in [0.1, 0.15) is 10.4 Å². The van der Waals surface area contributed by atoms with Gasteiger partial charge in [-0.15, -0.1) is 0 Å². The van der Waals surface area contributed by atoms with Gasteiger partial charge >= 0.3 is 6.09 Å². The van der Waals surface area contributed by atoms with Crippen molar-refractivity contribution in [3.05, 3.63) is 34.3 Å². The number of hydrogen-bond acceptors (Lipinski definition) is 2. The van der Waals surface area contributed by atoms with Crippen LogP contribution in [0.15, 0.2) is 28.7 Å². The second kappa shape index (κ2) is 4.76. The van der Waals surface area contributed by atoms with E-state index in [0.717, 1.165) is 4.47 Å². The monoisotopic (exact) mass is 257 g/mol. The van der Waals surface area contributed by atoms with Gasteiger partial charge in [0.05, 0.1) is 6.54 Å². The molecule has 1 aromatic carbocycles. The number of Topliss-reactive ketones (excluding diaryl/α,β-unsaturated/α-hetero) is 1. The molecule has 0 saturated heterocycles. The molecular weight excluding hydrogens is 250 g/mol. The van der Waals surface area contributed by atoms with E-state index in [1.807, 2.05) is 5.32 Å². The second-order valence-electron chi connectivity index (χ2n) is 2.59. The molecule has 5 heteroatoms. The highest BCUT2D eigenvalue weighted by Gasteiger charge is 2.06. The van der Waals surface area contributed by atoms with Gasteiger partial charge < -0.3 is 10.4 Å². The molecule has 0 fully saturated rings. The van der Waals surface area contributed by atoms with E-state index in [-0.39, 0.29) is 12.3 Å². The van der Waals surface area contributed by atoms with E-state index in [4.69, 9.17) is 5.11 Å². The van der Waals surface area contributed by atoms with E-state index in [9.17, 15) is 9.59 Å². The first-order valence-electron chi connectivity index (χ1n) is 3.85. The number of carbonyl (C=O) groups excluding carboxylic acids is 1. The summed E-state index contributed by atoms with van der Waals surface area (Å²) in [5.41, 5.74) is 0.488. The van der Waals surface area contributed by atoms with Crippen LogP contribution in [0.3, 0.4) is 0 Å². The van der Waals surface area contributed by atoms with Gasteiger partial charge in [0.2, 0.25) is 0 Å². The van der Waals surface area contributed by atoms with E-state index >= 15 is 0 Å². The summed E-state index contributed by atoms with van der Waals surface area (Å²) in [5, 5.41) is 10.3. The fourth-order valence-corrected chi connectivity index (χ4v) is 1.16. The predicted molar refractivity (Wildman–Crippen MR) is 54.5 cm³/mol. The van der Waals surface area contributed by atoms with E-state index in [0.29, 0.717) is 5.56 Å². The van der Waals surface area contributed by atoms with Crippen molar-refractivity contribution < 1.29 is 14.7 Å². The molecule has 0 aliphatic heterocycles. The Morgan fingerprint density at radius 2 is 1.86 bits per heavy atom. The summed E-state index contributed by atoms with van der Waals surface area (Å²) in [5.74, 6) is -0.250. The largest absolute Gasteiger partial charge is 0.465 e. The summed E-state index contributed by atoms with van der Waals surface area (Å²) in [6.45, 7) is -0.197. The van der Waals surface area contributed by atoms with Crippen molar-refractivity contribution in [3.8, 4) is 0 Å². The number of rotatable bonds is 3. The van der Waals surface area contributed by atoms with E-state index in [2.05, 4.69) is 15.9 Å². The molecule has 1 amide bonds. The van der Waals surface area contributed by atoms with Crippen LogP contribution in [0.25, 0.3) is 0 Å². The third-order valence-corrected chi connectivity index (χ3v) is 2.10. The number of benzene rings is 1. The van der Waals surface area contributed by atoms with Gasteiger partial charge in [-0.2, -0.15) is 0 Å². The second-order valence-corrected chi connectivity index (χ2v) is 3.50. The van der Waals surface area contributed by atoms with Crippen molar-refractivity contribution >= 4 is 27.8 Å². The maximum atomic E-state index is 11.3. The molecule has 0 aromatic heterocycles. The molecule has 4 nitrogen and oxygen atoms in total. The third-order valence-electron chi connectivity index (χ3n) is 1.57. The number of hydrogen-bond donors (Lipinski definition) is 2. The summed E-state index contributed by atoms with van der Waals surface area (Å²) in [7, 11) is 0. The number of carbonyl (C=O) groups is 2. The molecule has 0 bridgehead atoms. The van der Waals surface area contributed by atoms with Crippen molar-refractivity contribution in [1.82, 2.24) is 5.32 Å². The van der Waals surface area contributed by atoms with Crippen LogP contribution in [0.4, 0.5) is 4.79 Å². The summed E-state index contributed by atoms with van der Waals surface area (Å²) >= 11 is 3.24. The first-order chi connectivity index (χ1) is 6.59. The normalized spacial score (nSPS) is 9.50. The molecular formula is C9H8BrNO3. The Labute approximate surface area is 89.1 Å². The average Bonchev–Trinajstić information content (AvgIpc) is 2.15. The van der Waals surface area contributed by atoms with Crippen LogP contribution >= 0.6 is 15.9 Å². The summed E-state index contributed by atoms with van der Waals surface area (Å²) < 4.78 is 0.875. The summed E-state index contributed by atoms with van der Waals surface area (Å²) in [6, 6.07) is 6.73. The molecule has 0 heterocycles. The molecule has 0 aliphatic carbocycles. The zero-order valence-electron chi connectivity index (χ0n) is 7.16. The molecule has 2 N–H and O–H groups in total. The Morgan fingerprint density at radius 3 is 2.36 bits per heavy atom. The fraction of sp³-hybridized carbons (Fsp3) is 0.111. The smallest absolute Gasteiger partial charge is 0.405 e. The number of halogens is 1. The summed E-state index contributed by atoms with van der Waals surface area (Å²) in [4.78, 5) is 21.4. The number of nitrogens with one attached hydrogen (secondary N) is 1. The van der Waals surface area contributed by atoms with Crippen molar-refractivity contribution in [2.45, 2.75) is 0 Å². The molecule has 0 atom stereocenters. The van der Waals surface area contributed by atoms with Crippen molar-refractivity contribution in [2.75, 3.05) is 6.54 Å². The van der Waals surface area contributed by atoms with Gasteiger partial charge in [0, 0.05) is 10.0 Å². The molecule has 0 aliphatic rings. The highest BCUT2D eigenvalue weighted by atomic mass is 79.9. The van der Waals surface area contributed by atoms with Crippen molar-refractivity contribution in [3.63, 3.8) is 0 Å². The SMILES string of the molecule is O=C(O)NCC(=O)c1ccc(Br)cc1. The van der Waals surface area contributed by atoms with E-state index in [1.54, 1.807) is 24.3 Å². The first kappa shape index (κ1) is 10.7. The predicted octanol–water partition coefficient (Wildman–Crippen LogP) is 1.90. The maximum Gasteiger partial charge on any atom is 0.405 e. The Hall–Kier alpha value is -1.36. The molecule has 74 valence electrons. The van der Waals surface area contributed by atoms with E-state index in [1.165, 1.54) is 0 Å². The van der Waals surface area contributed by atoms with Gasteiger partial charge in [-0.1, -0.05) is 28.1 Å². The Morgan fingerprint density at radius 1 is 1.29 bits per heavy atom. The van der Waals surface area contributed by atoms with Gasteiger partial charge in [-0.25, -0.2) is 4.79 Å². The Balaban J connectivity index is 2.61. The van der Waals surface area contributed by atoms with Crippen LogP contribution in [0.5, 0.6) is 0 Å². The molecule has 0 radical (unpaired) electrons. The number of amides is 1. The maximum absolute atomic E-state index is 11.3. The zero-order valence-corrected chi connectivity index (χ0v) is 8.74. The molecule has 0 unspecified atom stereocenters. The lowest BCUT2D eigenvalue weighted by Crippen LogP contribution is -2.27. The van der Waals surface area contributed by atoms with Crippen LogP contribution in [-0.4, -0.2) is 23.5 Å². The van der Waals surface area contributed by atoms with Gasteiger partial charge in [-0.05, 0) is 12.1 Å². The van der Waals surface area contributed by atoms with Crippen LogP contribution in [0, 0.1) is 0 Å². The average molecular weight is 258 g/mol. The Kier molecular flexibility index (Phi) is 3.64. The molecule has 1 aromatic rings. The lowest BCUT2D eigenvalue weighted by atomic mass is 10.1. The molecule has 0 spiro atoms. The van der Waals surface area contributed by atoms with Crippen molar-refractivity contribution in [1.29, 1.82) is 0 Å². The number of carboxylic acid groups (broad SMARTS) is 1. The van der Waals surface area contributed by atoms with Gasteiger partial charge in [-0.3, -0.25) is 4.79 Å².